The average Bonchev–Trinajstić information content (AvgIpc) is 2.67. The zero-order chi connectivity index (χ0) is 14.6. The number of carboxylic acid groups (broad SMARTS) is 2. The third-order valence-electron chi connectivity index (χ3n) is 2.42. The van der Waals surface area contributed by atoms with Crippen LogP contribution in [0.15, 0.2) is 4.52 Å². The minimum atomic E-state index is -1.29. The Kier molecular flexibility index (Phi) is 4.62. The van der Waals surface area contributed by atoms with Gasteiger partial charge in [0.25, 0.3) is 5.91 Å². The minimum Gasteiger partial charge on any atom is -0.480 e. The highest BCUT2D eigenvalue weighted by Gasteiger charge is 2.27. The lowest BCUT2D eigenvalue weighted by molar-refractivity contribution is -0.140. The summed E-state index contributed by atoms with van der Waals surface area (Å²) in [5.74, 6) is -3.05. The molecule has 0 atom stereocenters. The Bertz CT molecular complexity index is 491. The first-order valence-corrected chi connectivity index (χ1v) is 5.54. The molecule has 1 aromatic rings. The quantitative estimate of drug-likeness (QED) is 0.754. The predicted molar refractivity (Wildman–Crippen MR) is 61.8 cm³/mol. The Morgan fingerprint density at radius 3 is 2.16 bits per heavy atom. The van der Waals surface area contributed by atoms with Gasteiger partial charge in [-0.1, -0.05) is 12.1 Å². The van der Waals surface area contributed by atoms with Gasteiger partial charge in [-0.05, 0) is 13.3 Å². The van der Waals surface area contributed by atoms with Crippen LogP contribution >= 0.6 is 0 Å². The maximum atomic E-state index is 12.2. The molecule has 19 heavy (non-hydrogen) atoms. The molecule has 8 nitrogen and oxygen atoms in total. The number of aromatic nitrogens is 1. The number of aryl methyl sites for hydroxylation is 2. The topological polar surface area (TPSA) is 121 Å². The maximum Gasteiger partial charge on any atom is 0.323 e. The Morgan fingerprint density at radius 1 is 1.21 bits per heavy atom. The Hall–Kier alpha value is -2.38. The normalized spacial score (nSPS) is 10.2. The molecule has 104 valence electrons. The van der Waals surface area contributed by atoms with Crippen LogP contribution in [0.1, 0.15) is 28.7 Å². The van der Waals surface area contributed by atoms with E-state index < -0.39 is 30.9 Å². The van der Waals surface area contributed by atoms with E-state index in [0.717, 1.165) is 4.90 Å². The van der Waals surface area contributed by atoms with Crippen LogP contribution in [0, 0.1) is 6.92 Å². The summed E-state index contributed by atoms with van der Waals surface area (Å²) in [6, 6.07) is 0. The molecule has 1 amide bonds. The van der Waals surface area contributed by atoms with E-state index in [9.17, 15) is 14.4 Å². The number of nitrogens with zero attached hydrogens (tertiary/aromatic N) is 2. The molecule has 8 heteroatoms. The van der Waals surface area contributed by atoms with Crippen LogP contribution in [0.2, 0.25) is 0 Å². The van der Waals surface area contributed by atoms with Crippen molar-refractivity contribution in [3.05, 3.63) is 17.0 Å². The van der Waals surface area contributed by atoms with Crippen LogP contribution in [-0.4, -0.2) is 51.2 Å². The van der Waals surface area contributed by atoms with Gasteiger partial charge in [0, 0.05) is 0 Å². The van der Waals surface area contributed by atoms with E-state index in [0.29, 0.717) is 12.1 Å². The second kappa shape index (κ2) is 5.98. The van der Waals surface area contributed by atoms with Crippen molar-refractivity contribution in [3.63, 3.8) is 0 Å². The van der Waals surface area contributed by atoms with Gasteiger partial charge in [0.2, 0.25) is 0 Å². The number of amides is 1. The Balaban J connectivity index is 3.07. The first kappa shape index (κ1) is 14.7. The summed E-state index contributed by atoms with van der Waals surface area (Å²) in [6.45, 7) is 1.88. The van der Waals surface area contributed by atoms with Crippen molar-refractivity contribution in [3.8, 4) is 0 Å². The summed E-state index contributed by atoms with van der Waals surface area (Å²) >= 11 is 0. The number of aliphatic carboxylic acids is 2. The van der Waals surface area contributed by atoms with Crippen LogP contribution in [0.4, 0.5) is 0 Å². The highest BCUT2D eigenvalue weighted by molar-refractivity contribution is 5.99. The van der Waals surface area contributed by atoms with Crippen molar-refractivity contribution in [2.24, 2.45) is 0 Å². The first-order chi connectivity index (χ1) is 8.86. The molecule has 0 spiro atoms. The first-order valence-electron chi connectivity index (χ1n) is 5.54. The number of rotatable bonds is 6. The fourth-order valence-corrected chi connectivity index (χ4v) is 1.62. The molecule has 0 unspecified atom stereocenters. The fourth-order valence-electron chi connectivity index (χ4n) is 1.62. The number of hydrogen-bond acceptors (Lipinski definition) is 5. The van der Waals surface area contributed by atoms with Crippen molar-refractivity contribution >= 4 is 17.8 Å². The maximum absolute atomic E-state index is 12.2. The lowest BCUT2D eigenvalue weighted by atomic mass is 10.1. The van der Waals surface area contributed by atoms with Gasteiger partial charge in [-0.15, -0.1) is 0 Å². The highest BCUT2D eigenvalue weighted by atomic mass is 16.5. The van der Waals surface area contributed by atoms with E-state index in [1.54, 1.807) is 6.92 Å². The lowest BCUT2D eigenvalue weighted by Gasteiger charge is -2.18. The van der Waals surface area contributed by atoms with Gasteiger partial charge in [0.05, 0.1) is 5.69 Å². The van der Waals surface area contributed by atoms with Crippen LogP contribution in [0.25, 0.3) is 0 Å². The number of hydrogen-bond donors (Lipinski definition) is 2. The number of carbonyl (C=O) groups excluding carboxylic acids is 1. The fraction of sp³-hybridized carbons (Fsp3) is 0.455. The van der Waals surface area contributed by atoms with Gasteiger partial charge in [-0.2, -0.15) is 0 Å². The zero-order valence-corrected chi connectivity index (χ0v) is 10.5. The highest BCUT2D eigenvalue weighted by Crippen LogP contribution is 2.16. The molecule has 0 saturated heterocycles. The molecule has 1 aromatic heterocycles. The molecular weight excluding hydrogens is 256 g/mol. The third kappa shape index (κ3) is 3.54. The van der Waals surface area contributed by atoms with E-state index in [2.05, 4.69) is 5.16 Å². The summed E-state index contributed by atoms with van der Waals surface area (Å²) in [6.07, 6.45) is 0.423. The Morgan fingerprint density at radius 2 is 1.74 bits per heavy atom. The average molecular weight is 270 g/mol. The largest absolute Gasteiger partial charge is 0.480 e. The summed E-state index contributed by atoms with van der Waals surface area (Å²) in [7, 11) is 0. The van der Waals surface area contributed by atoms with E-state index in [4.69, 9.17) is 14.7 Å². The summed E-state index contributed by atoms with van der Waals surface area (Å²) in [5, 5.41) is 21.1. The molecule has 1 rings (SSSR count). The molecule has 0 bridgehead atoms. The molecular formula is C11H14N2O6. The lowest BCUT2D eigenvalue weighted by Crippen LogP contribution is -2.39. The number of carbonyl (C=O) groups is 3. The van der Waals surface area contributed by atoms with Crippen molar-refractivity contribution in [1.82, 2.24) is 10.1 Å². The van der Waals surface area contributed by atoms with Crippen molar-refractivity contribution in [2.75, 3.05) is 13.1 Å². The van der Waals surface area contributed by atoms with Crippen molar-refractivity contribution < 1.29 is 29.1 Å². The molecule has 0 aliphatic heterocycles. The second-order valence-electron chi connectivity index (χ2n) is 3.86. The van der Waals surface area contributed by atoms with Gasteiger partial charge >= 0.3 is 11.9 Å². The summed E-state index contributed by atoms with van der Waals surface area (Å²) in [4.78, 5) is 34.3. The van der Waals surface area contributed by atoms with Gasteiger partial charge in [0.15, 0.2) is 0 Å². The molecule has 0 aliphatic carbocycles. The molecule has 0 radical (unpaired) electrons. The smallest absolute Gasteiger partial charge is 0.323 e. The monoisotopic (exact) mass is 270 g/mol. The van der Waals surface area contributed by atoms with Crippen LogP contribution in [-0.2, 0) is 16.0 Å². The summed E-state index contributed by atoms with van der Waals surface area (Å²) < 4.78 is 4.88. The predicted octanol–water partition coefficient (Wildman–Crippen LogP) is 0.157. The SMILES string of the molecule is CCc1noc(C)c1C(=O)N(CC(=O)O)CC(=O)O. The zero-order valence-electron chi connectivity index (χ0n) is 10.5. The van der Waals surface area contributed by atoms with Gasteiger partial charge in [0.1, 0.15) is 24.4 Å². The summed E-state index contributed by atoms with van der Waals surface area (Å²) in [5.41, 5.74) is 0.508. The van der Waals surface area contributed by atoms with E-state index in [-0.39, 0.29) is 11.3 Å². The van der Waals surface area contributed by atoms with Gasteiger partial charge in [-0.25, -0.2) is 0 Å². The van der Waals surface area contributed by atoms with Gasteiger partial charge in [-0.3, -0.25) is 14.4 Å². The minimum absolute atomic E-state index is 0.130. The Labute approximate surface area is 108 Å². The second-order valence-corrected chi connectivity index (χ2v) is 3.86. The van der Waals surface area contributed by atoms with Crippen molar-refractivity contribution in [2.45, 2.75) is 20.3 Å². The molecule has 2 N–H and O–H groups in total. The van der Waals surface area contributed by atoms with Crippen LogP contribution in [0.5, 0.6) is 0 Å². The molecule has 0 aromatic carbocycles. The van der Waals surface area contributed by atoms with E-state index in [1.807, 2.05) is 0 Å². The molecule has 0 aliphatic rings. The molecule has 1 heterocycles. The van der Waals surface area contributed by atoms with Gasteiger partial charge < -0.3 is 19.6 Å². The van der Waals surface area contributed by atoms with E-state index >= 15 is 0 Å². The third-order valence-corrected chi connectivity index (χ3v) is 2.42. The number of carboxylic acids is 2. The van der Waals surface area contributed by atoms with Crippen LogP contribution in [0.3, 0.4) is 0 Å². The van der Waals surface area contributed by atoms with E-state index in [1.165, 1.54) is 6.92 Å². The standard InChI is InChI=1S/C11H14N2O6/c1-3-7-10(6(2)19-12-7)11(18)13(4-8(14)15)5-9(16)17/h3-5H2,1-2H3,(H,14,15)(H,16,17). The molecule has 0 fully saturated rings. The van der Waals surface area contributed by atoms with Crippen molar-refractivity contribution in [1.29, 1.82) is 0 Å². The molecule has 0 saturated carbocycles. The van der Waals surface area contributed by atoms with Crippen LogP contribution < -0.4 is 0 Å².